The molecular weight excluding hydrogens is 400 g/mol. The summed E-state index contributed by atoms with van der Waals surface area (Å²) in [5, 5.41) is 2.93. The Hall–Kier alpha value is -3.42. The number of esters is 1. The van der Waals surface area contributed by atoms with E-state index in [-0.39, 0.29) is 35.2 Å². The van der Waals surface area contributed by atoms with Gasteiger partial charge in [0.1, 0.15) is 5.76 Å². The van der Waals surface area contributed by atoms with Crippen LogP contribution in [0, 0.1) is 5.92 Å². The van der Waals surface area contributed by atoms with Crippen molar-refractivity contribution in [3.63, 3.8) is 0 Å². The lowest BCUT2D eigenvalue weighted by Crippen LogP contribution is -2.42. The second-order valence-electron chi connectivity index (χ2n) is 8.05. The predicted octanol–water partition coefficient (Wildman–Crippen LogP) is 2.93. The fourth-order valence-electron chi connectivity index (χ4n) is 4.11. The summed E-state index contributed by atoms with van der Waals surface area (Å²) in [7, 11) is 0. The fraction of sp³-hybridized carbons (Fsp3) is 0.391. The molecular formula is C23H24N2O6. The number of carbonyl (C=O) groups is 4. The molecule has 2 aliphatic rings. The van der Waals surface area contributed by atoms with E-state index in [4.69, 9.17) is 9.15 Å². The number of ether oxygens (including phenoxy) is 1. The summed E-state index contributed by atoms with van der Waals surface area (Å²) in [6, 6.07) is 7.63. The van der Waals surface area contributed by atoms with Crippen molar-refractivity contribution in [2.75, 3.05) is 6.61 Å². The van der Waals surface area contributed by atoms with Gasteiger partial charge < -0.3 is 14.5 Å². The van der Waals surface area contributed by atoms with Crippen molar-refractivity contribution in [1.29, 1.82) is 0 Å². The van der Waals surface area contributed by atoms with Crippen LogP contribution in [0.1, 0.15) is 69.4 Å². The third-order valence-electron chi connectivity index (χ3n) is 5.89. The van der Waals surface area contributed by atoms with Crippen LogP contribution < -0.4 is 5.32 Å². The van der Waals surface area contributed by atoms with Crippen LogP contribution >= 0.6 is 0 Å². The molecule has 0 saturated heterocycles. The van der Waals surface area contributed by atoms with Crippen molar-refractivity contribution < 1.29 is 28.3 Å². The number of hydrogen-bond donors (Lipinski definition) is 1. The molecule has 8 heteroatoms. The summed E-state index contributed by atoms with van der Waals surface area (Å²) >= 11 is 0. The van der Waals surface area contributed by atoms with Crippen LogP contribution in [0.5, 0.6) is 0 Å². The molecule has 1 fully saturated rings. The molecule has 0 spiro atoms. The molecule has 31 heavy (non-hydrogen) atoms. The van der Waals surface area contributed by atoms with Crippen molar-refractivity contribution in [2.45, 2.75) is 45.2 Å². The van der Waals surface area contributed by atoms with Crippen molar-refractivity contribution in [2.24, 2.45) is 5.92 Å². The van der Waals surface area contributed by atoms with E-state index in [2.05, 4.69) is 12.2 Å². The van der Waals surface area contributed by atoms with E-state index in [1.165, 1.54) is 30.9 Å². The first-order chi connectivity index (χ1) is 14.9. The Morgan fingerprint density at radius 3 is 2.65 bits per heavy atom. The van der Waals surface area contributed by atoms with E-state index in [0.29, 0.717) is 11.7 Å². The molecule has 8 nitrogen and oxygen atoms in total. The average molecular weight is 424 g/mol. The summed E-state index contributed by atoms with van der Waals surface area (Å²) in [4.78, 5) is 50.9. The lowest BCUT2D eigenvalue weighted by atomic mass is 9.86. The number of carbonyl (C=O) groups excluding carboxylic acids is 4. The molecule has 1 aromatic heterocycles. The number of furan rings is 1. The van der Waals surface area contributed by atoms with Crippen molar-refractivity contribution in [3.05, 3.63) is 59.0 Å². The molecule has 1 N–H and O–H groups in total. The molecule has 1 aliphatic carbocycles. The zero-order valence-electron chi connectivity index (χ0n) is 17.3. The van der Waals surface area contributed by atoms with E-state index in [1.807, 2.05) is 0 Å². The van der Waals surface area contributed by atoms with E-state index in [9.17, 15) is 19.2 Å². The van der Waals surface area contributed by atoms with Crippen LogP contribution in [0.25, 0.3) is 0 Å². The number of fused-ring (bicyclic) bond motifs is 1. The van der Waals surface area contributed by atoms with Crippen LogP contribution in [-0.4, -0.2) is 41.2 Å². The van der Waals surface area contributed by atoms with Gasteiger partial charge in [0.05, 0.1) is 29.5 Å². The third-order valence-corrected chi connectivity index (χ3v) is 5.89. The maximum atomic E-state index is 12.7. The molecule has 0 unspecified atom stereocenters. The summed E-state index contributed by atoms with van der Waals surface area (Å²) in [6.07, 6.45) is 5.71. The summed E-state index contributed by atoms with van der Waals surface area (Å²) in [5.41, 5.74) is 0.460. The standard InChI is InChI=1S/C23H24N2O6/c1-14-5-2-3-7-19(14)24-20(26)13-31-23(29)15-8-9-17-18(11-15)22(28)25(21(17)27)12-16-6-4-10-30-16/h4,6,8-11,14,19H,2-3,5,7,12-13H2,1H3,(H,24,26)/t14-,19-/m1/s1. The molecule has 2 aromatic rings. The number of nitrogens with one attached hydrogen (secondary N) is 1. The van der Waals surface area contributed by atoms with Crippen LogP contribution in [0.15, 0.2) is 41.0 Å². The molecule has 4 rings (SSSR count). The molecule has 2 heterocycles. The molecule has 162 valence electrons. The molecule has 0 bridgehead atoms. The van der Waals surface area contributed by atoms with Crippen LogP contribution in [0.4, 0.5) is 0 Å². The van der Waals surface area contributed by atoms with Crippen molar-refractivity contribution in [3.8, 4) is 0 Å². The fourth-order valence-corrected chi connectivity index (χ4v) is 4.11. The Labute approximate surface area is 179 Å². The summed E-state index contributed by atoms with van der Waals surface area (Å²) < 4.78 is 10.3. The lowest BCUT2D eigenvalue weighted by Gasteiger charge is -2.29. The zero-order valence-corrected chi connectivity index (χ0v) is 17.3. The number of hydrogen-bond acceptors (Lipinski definition) is 6. The number of benzene rings is 1. The molecule has 2 atom stereocenters. The Morgan fingerprint density at radius 2 is 1.90 bits per heavy atom. The summed E-state index contributed by atoms with van der Waals surface area (Å²) in [5.74, 6) is -1.14. The van der Waals surface area contributed by atoms with Gasteiger partial charge in [-0.15, -0.1) is 0 Å². The maximum Gasteiger partial charge on any atom is 0.338 e. The average Bonchev–Trinajstić information content (AvgIpc) is 3.36. The van der Waals surface area contributed by atoms with Crippen LogP contribution in [0.3, 0.4) is 0 Å². The highest BCUT2D eigenvalue weighted by Crippen LogP contribution is 2.26. The van der Waals surface area contributed by atoms with E-state index >= 15 is 0 Å². The summed E-state index contributed by atoms with van der Waals surface area (Å²) in [6.45, 7) is 1.73. The predicted molar refractivity (Wildman–Crippen MR) is 109 cm³/mol. The highest BCUT2D eigenvalue weighted by atomic mass is 16.5. The van der Waals surface area contributed by atoms with Gasteiger partial charge in [-0.1, -0.05) is 19.8 Å². The first-order valence-electron chi connectivity index (χ1n) is 10.4. The van der Waals surface area contributed by atoms with Gasteiger partial charge >= 0.3 is 5.97 Å². The lowest BCUT2D eigenvalue weighted by molar-refractivity contribution is -0.125. The van der Waals surface area contributed by atoms with Gasteiger partial charge in [-0.25, -0.2) is 4.79 Å². The van der Waals surface area contributed by atoms with Crippen LogP contribution in [-0.2, 0) is 16.1 Å². The molecule has 1 aliphatic heterocycles. The second kappa shape index (κ2) is 8.75. The minimum absolute atomic E-state index is 0.0128. The second-order valence-corrected chi connectivity index (χ2v) is 8.05. The monoisotopic (exact) mass is 424 g/mol. The maximum absolute atomic E-state index is 12.7. The third kappa shape index (κ3) is 4.38. The number of nitrogens with zero attached hydrogens (tertiary/aromatic N) is 1. The Morgan fingerprint density at radius 1 is 1.13 bits per heavy atom. The minimum Gasteiger partial charge on any atom is -0.467 e. The van der Waals surface area contributed by atoms with E-state index < -0.39 is 24.4 Å². The van der Waals surface area contributed by atoms with Gasteiger partial charge in [0, 0.05) is 6.04 Å². The number of imide groups is 1. The zero-order chi connectivity index (χ0) is 22.0. The molecule has 3 amide bonds. The minimum atomic E-state index is -0.723. The van der Waals surface area contributed by atoms with Gasteiger partial charge in [0.25, 0.3) is 17.7 Å². The SMILES string of the molecule is C[C@@H]1CCCC[C@H]1NC(=O)COC(=O)c1ccc2c(c1)C(=O)N(Cc1ccco1)C2=O. The van der Waals surface area contributed by atoms with Crippen LogP contribution in [0.2, 0.25) is 0 Å². The molecule has 1 saturated carbocycles. The van der Waals surface area contributed by atoms with Gasteiger partial charge in [0.2, 0.25) is 0 Å². The Kier molecular flexibility index (Phi) is 5.88. The first-order valence-corrected chi connectivity index (χ1v) is 10.4. The van der Waals surface area contributed by atoms with Gasteiger partial charge in [-0.2, -0.15) is 0 Å². The number of rotatable bonds is 6. The van der Waals surface area contributed by atoms with E-state index in [1.54, 1.807) is 12.1 Å². The van der Waals surface area contributed by atoms with Crippen molar-refractivity contribution >= 4 is 23.7 Å². The Balaban J connectivity index is 1.37. The van der Waals surface area contributed by atoms with Gasteiger partial charge in [0.15, 0.2) is 6.61 Å². The van der Waals surface area contributed by atoms with Crippen molar-refractivity contribution in [1.82, 2.24) is 10.2 Å². The Bertz CT molecular complexity index is 1010. The largest absolute Gasteiger partial charge is 0.467 e. The molecule has 1 aromatic carbocycles. The van der Waals surface area contributed by atoms with Gasteiger partial charge in [-0.3, -0.25) is 19.3 Å². The number of amides is 3. The highest BCUT2D eigenvalue weighted by Gasteiger charge is 2.36. The first kappa shape index (κ1) is 20.8. The molecule has 0 radical (unpaired) electrons. The normalized spacial score (nSPS) is 20.5. The topological polar surface area (TPSA) is 106 Å². The van der Waals surface area contributed by atoms with E-state index in [0.717, 1.165) is 24.2 Å². The smallest absolute Gasteiger partial charge is 0.338 e. The highest BCUT2D eigenvalue weighted by molar-refractivity contribution is 6.21. The van der Waals surface area contributed by atoms with Gasteiger partial charge in [-0.05, 0) is 49.1 Å². The quantitative estimate of drug-likeness (QED) is 0.565.